The molecule has 0 saturated carbocycles. The normalized spacial score (nSPS) is 15.7. The summed E-state index contributed by atoms with van der Waals surface area (Å²) in [5, 5.41) is 16.7. The first-order chi connectivity index (χ1) is 19.0. The second-order valence-corrected chi connectivity index (χ2v) is 7.85. The first-order valence-electron chi connectivity index (χ1n) is 13.3. The molecule has 1 aromatic carbocycles. The maximum atomic E-state index is 13.3. The molecule has 0 amide bonds. The van der Waals surface area contributed by atoms with Crippen LogP contribution >= 0.6 is 0 Å². The van der Waals surface area contributed by atoms with Crippen LogP contribution < -0.4 is 5.56 Å². The van der Waals surface area contributed by atoms with Crippen LogP contribution in [0, 0.1) is 0 Å². The number of para-hydroxylation sites is 1. The Kier molecular flexibility index (Phi) is 14.3. The van der Waals surface area contributed by atoms with Crippen molar-refractivity contribution >= 4 is 16.9 Å². The highest BCUT2D eigenvalue weighted by Crippen LogP contribution is 2.40. The van der Waals surface area contributed by atoms with Crippen LogP contribution in [0.5, 0.6) is 0 Å². The third-order valence-electron chi connectivity index (χ3n) is 6.03. The van der Waals surface area contributed by atoms with Crippen molar-refractivity contribution in [2.45, 2.75) is 73.1 Å². The lowest BCUT2D eigenvalue weighted by Crippen LogP contribution is -2.46. The van der Waals surface area contributed by atoms with Crippen molar-refractivity contribution in [2.24, 2.45) is 0 Å². The van der Waals surface area contributed by atoms with E-state index in [0.717, 1.165) is 30.0 Å². The van der Waals surface area contributed by atoms with Crippen molar-refractivity contribution in [1.29, 1.82) is 0 Å². The van der Waals surface area contributed by atoms with Gasteiger partial charge in [0.25, 0.3) is 5.56 Å². The average molecular weight is 543 g/mol. The Morgan fingerprint density at radius 2 is 1.77 bits per heavy atom. The molecule has 0 spiro atoms. The number of benzene rings is 1. The Labute approximate surface area is 230 Å². The maximum absolute atomic E-state index is 13.3. The molecule has 2 aliphatic rings. The van der Waals surface area contributed by atoms with E-state index in [0.29, 0.717) is 29.1 Å². The number of pyridine rings is 2. The van der Waals surface area contributed by atoms with Gasteiger partial charge in [0.15, 0.2) is 12.4 Å². The number of carbonyl (C=O) groups is 1. The molecule has 0 saturated heterocycles. The zero-order chi connectivity index (χ0) is 29.6. The Balaban J connectivity index is 0.000000676. The van der Waals surface area contributed by atoms with Crippen LogP contribution in [0.3, 0.4) is 0 Å². The van der Waals surface area contributed by atoms with E-state index in [1.54, 1.807) is 17.6 Å². The predicted molar refractivity (Wildman–Crippen MR) is 153 cm³/mol. The molecular formula is C30H42N2O7. The topological polar surface area (TPSA) is 120 Å². The van der Waals surface area contributed by atoms with Crippen LogP contribution in [0.4, 0.5) is 0 Å². The summed E-state index contributed by atoms with van der Waals surface area (Å²) in [6, 6.07) is 11.6. The van der Waals surface area contributed by atoms with Gasteiger partial charge in [-0.15, -0.1) is 6.58 Å². The van der Waals surface area contributed by atoms with Crippen molar-refractivity contribution in [3.05, 3.63) is 76.1 Å². The molecule has 0 bridgehead atoms. The van der Waals surface area contributed by atoms with E-state index in [1.807, 2.05) is 64.1 Å². The summed E-state index contributed by atoms with van der Waals surface area (Å²) in [4.78, 5) is 34.7. The number of ether oxygens (including phenoxy) is 2. The van der Waals surface area contributed by atoms with E-state index in [1.165, 1.54) is 0 Å². The van der Waals surface area contributed by atoms with Crippen molar-refractivity contribution in [1.82, 2.24) is 9.55 Å². The molecule has 9 heteroatoms. The highest BCUT2D eigenvalue weighted by Gasteiger charge is 2.48. The van der Waals surface area contributed by atoms with E-state index in [9.17, 15) is 9.59 Å². The molecule has 0 fully saturated rings. The molecule has 9 nitrogen and oxygen atoms in total. The Bertz CT molecular complexity index is 1290. The van der Waals surface area contributed by atoms with Gasteiger partial charge >= 0.3 is 5.97 Å². The second kappa shape index (κ2) is 16.6. The first kappa shape index (κ1) is 33.7. The monoisotopic (exact) mass is 542 g/mol. The average Bonchev–Trinajstić information content (AvgIpc) is 3.36. The molecular weight excluding hydrogens is 500 g/mol. The summed E-state index contributed by atoms with van der Waals surface area (Å²) < 4.78 is 12.5. The number of aliphatic hydroxyl groups excluding tert-OH is 1. The number of aliphatic hydroxyl groups is 1. The highest BCUT2D eigenvalue weighted by molar-refractivity contribution is 5.86. The van der Waals surface area contributed by atoms with Crippen LogP contribution in [0.15, 0.2) is 53.8 Å². The number of cyclic esters (lactones) is 1. The summed E-state index contributed by atoms with van der Waals surface area (Å²) in [5.74, 6) is -0.612. The van der Waals surface area contributed by atoms with Crippen LogP contribution in [0.1, 0.15) is 71.1 Å². The van der Waals surface area contributed by atoms with Crippen LogP contribution in [-0.4, -0.2) is 39.8 Å². The predicted octanol–water partition coefficient (Wildman–Crippen LogP) is 5.79. The van der Waals surface area contributed by atoms with E-state index in [2.05, 4.69) is 18.4 Å². The third-order valence-corrected chi connectivity index (χ3v) is 6.03. The Morgan fingerprint density at radius 3 is 2.36 bits per heavy atom. The lowest BCUT2D eigenvalue weighted by atomic mass is 9.85. The van der Waals surface area contributed by atoms with Crippen molar-refractivity contribution in [2.75, 3.05) is 13.9 Å². The minimum Gasteiger partial charge on any atom is -0.458 e. The number of aromatic nitrogens is 2. The zero-order valence-corrected chi connectivity index (χ0v) is 24.1. The van der Waals surface area contributed by atoms with Crippen LogP contribution in [-0.2, 0) is 37.9 Å². The van der Waals surface area contributed by atoms with Crippen molar-refractivity contribution in [3.8, 4) is 11.4 Å². The summed E-state index contributed by atoms with van der Waals surface area (Å²) in [7, 11) is 1.00. The van der Waals surface area contributed by atoms with Gasteiger partial charge in [-0.25, -0.2) is 19.9 Å². The minimum atomic E-state index is -1.52. The van der Waals surface area contributed by atoms with Crippen molar-refractivity contribution in [3.63, 3.8) is 0 Å². The van der Waals surface area contributed by atoms with Gasteiger partial charge in [-0.2, -0.15) is 0 Å². The van der Waals surface area contributed by atoms with Crippen LogP contribution in [0.25, 0.3) is 22.3 Å². The van der Waals surface area contributed by atoms with Gasteiger partial charge in [0, 0.05) is 23.6 Å². The number of nitrogens with zero attached hydrogens (tertiary/aromatic N) is 2. The fourth-order valence-electron chi connectivity index (χ4n) is 4.28. The van der Waals surface area contributed by atoms with E-state index in [-0.39, 0.29) is 18.6 Å². The smallest absolute Gasteiger partial charge is 0.343 e. The first-order valence-corrected chi connectivity index (χ1v) is 13.3. The van der Waals surface area contributed by atoms with Gasteiger partial charge in [0.2, 0.25) is 0 Å². The largest absolute Gasteiger partial charge is 0.458 e. The lowest BCUT2D eigenvalue weighted by molar-refractivity contribution is -0.317. The minimum absolute atomic E-state index is 0.121. The van der Waals surface area contributed by atoms with Crippen LogP contribution in [0.2, 0.25) is 0 Å². The summed E-state index contributed by atoms with van der Waals surface area (Å²) in [6.45, 7) is 15.0. The molecule has 2 aliphatic heterocycles. The third kappa shape index (κ3) is 6.80. The number of carbonyl (C=O) groups excluding carboxylic acids is 1. The quantitative estimate of drug-likeness (QED) is 0.107. The maximum Gasteiger partial charge on any atom is 0.343 e. The van der Waals surface area contributed by atoms with Gasteiger partial charge in [0.1, 0.15) is 6.61 Å². The molecule has 39 heavy (non-hydrogen) atoms. The van der Waals surface area contributed by atoms with Gasteiger partial charge < -0.3 is 19.1 Å². The summed E-state index contributed by atoms with van der Waals surface area (Å²) in [6.07, 6.45) is 3.17. The Hall–Kier alpha value is -3.37. The molecule has 5 rings (SSSR count). The number of fused-ring (bicyclic) bond motifs is 5. The number of esters is 1. The summed E-state index contributed by atoms with van der Waals surface area (Å²) in [5.41, 5.74) is 2.16. The highest BCUT2D eigenvalue weighted by atomic mass is 17.1. The number of hydrogen-bond acceptors (Lipinski definition) is 8. The van der Waals surface area contributed by atoms with Gasteiger partial charge in [-0.3, -0.25) is 4.79 Å². The lowest BCUT2D eigenvalue weighted by Gasteiger charge is -2.35. The van der Waals surface area contributed by atoms with E-state index >= 15 is 0 Å². The zero-order valence-electron chi connectivity index (χ0n) is 24.1. The van der Waals surface area contributed by atoms with E-state index in [4.69, 9.17) is 24.8 Å². The van der Waals surface area contributed by atoms with E-state index < -0.39 is 18.4 Å². The van der Waals surface area contributed by atoms with Crippen molar-refractivity contribution < 1.29 is 29.5 Å². The molecule has 2 N–H and O–H groups in total. The Morgan fingerprint density at radius 1 is 1.13 bits per heavy atom. The standard InChI is InChI=1S/C21H18N2O6.C4H8.2C2H6.CH4O/c1-2-21(28-11-29-26)15-8-17-18-13(7-12-5-3-4-6-16(12)22-18)9-23(17)19(24)14(15)10-27-20(21)25;1-3-4-2;3*1-2/h3-8,26H,2,9-11H2,1H3;3H,1,4H2,2H3;2*1-2H3;2H,1H3/t21-;;;;/m0..../s1. The molecule has 214 valence electrons. The molecule has 4 heterocycles. The molecule has 0 radical (unpaired) electrons. The molecule has 0 aliphatic carbocycles. The molecule has 3 aromatic rings. The molecule has 0 unspecified atom stereocenters. The fourth-order valence-corrected chi connectivity index (χ4v) is 4.28. The van der Waals surface area contributed by atoms with Gasteiger partial charge in [-0.1, -0.05) is 65.8 Å². The second-order valence-electron chi connectivity index (χ2n) is 7.85. The SMILES string of the molecule is C=CCC.CC.CC.CC[C@@]1(OCOO)C(=O)OCc2c1cc1n(c2=O)Cc2cc3ccccc3nc2-1.CO. The number of hydrogen-bond donors (Lipinski definition) is 2. The van der Waals surface area contributed by atoms with Gasteiger partial charge in [-0.05, 0) is 31.0 Å². The number of allylic oxidation sites excluding steroid dienone is 1. The fraction of sp³-hybridized carbons (Fsp3) is 0.433. The summed E-state index contributed by atoms with van der Waals surface area (Å²) >= 11 is 0. The molecule has 2 aromatic heterocycles. The van der Waals surface area contributed by atoms with Gasteiger partial charge in [0.05, 0.1) is 29.0 Å². The number of rotatable bonds is 5. The molecule has 1 atom stereocenters.